The van der Waals surface area contributed by atoms with Gasteiger partial charge in [0.2, 0.25) is 0 Å². The van der Waals surface area contributed by atoms with E-state index in [1.165, 1.54) is 18.4 Å². The van der Waals surface area contributed by atoms with Gasteiger partial charge in [0.25, 0.3) is 0 Å². The van der Waals surface area contributed by atoms with E-state index in [0.717, 1.165) is 23.2 Å². The Morgan fingerprint density at radius 2 is 2.10 bits per heavy atom. The van der Waals surface area contributed by atoms with Crippen LogP contribution in [0.15, 0.2) is 28.7 Å². The van der Waals surface area contributed by atoms with Gasteiger partial charge in [-0.3, -0.25) is 4.90 Å². The molecule has 1 saturated heterocycles. The van der Waals surface area contributed by atoms with E-state index in [4.69, 9.17) is 4.42 Å². The first kappa shape index (κ1) is 12.4. The van der Waals surface area contributed by atoms with Gasteiger partial charge < -0.3 is 9.52 Å². The number of hydrogen-bond acceptors (Lipinski definition) is 3. The molecule has 2 unspecified atom stereocenters. The summed E-state index contributed by atoms with van der Waals surface area (Å²) in [6, 6.07) is 9.30. The molecule has 1 N–H and O–H groups in total. The fraction of sp³-hybridized carbons (Fsp3) is 0.529. The van der Waals surface area contributed by atoms with Crippen LogP contribution >= 0.6 is 0 Å². The second-order valence-electron chi connectivity index (χ2n) is 6.64. The monoisotopic (exact) mass is 271 g/mol. The van der Waals surface area contributed by atoms with E-state index in [2.05, 4.69) is 24.8 Å². The third-order valence-corrected chi connectivity index (χ3v) is 4.79. The maximum absolute atomic E-state index is 11.0. The Kier molecular flexibility index (Phi) is 2.54. The Morgan fingerprint density at radius 3 is 2.85 bits per heavy atom. The molecule has 2 fully saturated rings. The van der Waals surface area contributed by atoms with Gasteiger partial charge in [-0.25, -0.2) is 0 Å². The van der Waals surface area contributed by atoms with Crippen LogP contribution < -0.4 is 0 Å². The molecule has 0 amide bonds. The van der Waals surface area contributed by atoms with E-state index in [1.807, 2.05) is 18.2 Å². The summed E-state index contributed by atoms with van der Waals surface area (Å²) in [7, 11) is 0. The van der Waals surface area contributed by atoms with Gasteiger partial charge in [-0.15, -0.1) is 0 Å². The second-order valence-corrected chi connectivity index (χ2v) is 6.64. The molecule has 1 aromatic heterocycles. The van der Waals surface area contributed by atoms with Gasteiger partial charge in [-0.2, -0.15) is 0 Å². The van der Waals surface area contributed by atoms with Crippen LogP contribution in [-0.4, -0.2) is 28.6 Å². The van der Waals surface area contributed by atoms with Crippen molar-refractivity contribution in [1.29, 1.82) is 0 Å². The van der Waals surface area contributed by atoms with Crippen molar-refractivity contribution in [2.75, 3.05) is 6.54 Å². The lowest BCUT2D eigenvalue weighted by atomic mass is 9.97. The zero-order valence-corrected chi connectivity index (χ0v) is 12.1. The minimum Gasteiger partial charge on any atom is -0.458 e. The van der Waals surface area contributed by atoms with Crippen molar-refractivity contribution in [1.82, 2.24) is 4.90 Å². The van der Waals surface area contributed by atoms with E-state index in [0.29, 0.717) is 18.6 Å². The largest absolute Gasteiger partial charge is 0.458 e. The molecule has 0 spiro atoms. The Hall–Kier alpha value is -1.32. The molecule has 1 aliphatic carbocycles. The highest BCUT2D eigenvalue weighted by atomic mass is 16.4. The van der Waals surface area contributed by atoms with Gasteiger partial charge in [0, 0.05) is 24.0 Å². The van der Waals surface area contributed by atoms with Crippen LogP contribution in [-0.2, 0) is 5.60 Å². The quantitative estimate of drug-likeness (QED) is 0.911. The summed E-state index contributed by atoms with van der Waals surface area (Å²) in [6.07, 6.45) is 3.32. The number of likely N-dealkylation sites (tertiary alicyclic amines) is 1. The van der Waals surface area contributed by atoms with E-state index >= 15 is 0 Å². The predicted octanol–water partition coefficient (Wildman–Crippen LogP) is 3.19. The van der Waals surface area contributed by atoms with Gasteiger partial charge in [-0.05, 0) is 51.3 Å². The average molecular weight is 271 g/mol. The van der Waals surface area contributed by atoms with E-state index in [1.54, 1.807) is 0 Å². The molecule has 2 aromatic rings. The summed E-state index contributed by atoms with van der Waals surface area (Å²) >= 11 is 0. The van der Waals surface area contributed by atoms with Crippen molar-refractivity contribution >= 4 is 11.0 Å². The van der Waals surface area contributed by atoms with Crippen molar-refractivity contribution in [3.05, 3.63) is 35.6 Å². The van der Waals surface area contributed by atoms with Crippen LogP contribution in [0.5, 0.6) is 0 Å². The van der Waals surface area contributed by atoms with Gasteiger partial charge in [0.15, 0.2) is 0 Å². The SMILES string of the molecule is Cc1ccc2oc(C3(O)CC(C)N(C4CC4)C3)cc2c1. The fourth-order valence-electron chi connectivity index (χ4n) is 3.59. The van der Waals surface area contributed by atoms with Crippen LogP contribution in [0.1, 0.15) is 37.5 Å². The van der Waals surface area contributed by atoms with Gasteiger partial charge in [0.1, 0.15) is 16.9 Å². The third kappa shape index (κ3) is 1.88. The molecule has 1 saturated carbocycles. The van der Waals surface area contributed by atoms with E-state index < -0.39 is 5.60 Å². The Labute approximate surface area is 119 Å². The van der Waals surface area contributed by atoms with Gasteiger partial charge in [-0.1, -0.05) is 11.6 Å². The maximum atomic E-state index is 11.0. The lowest BCUT2D eigenvalue weighted by Crippen LogP contribution is -2.33. The normalized spacial score (nSPS) is 31.2. The average Bonchev–Trinajstić information content (AvgIpc) is 3.06. The van der Waals surface area contributed by atoms with Crippen LogP contribution in [0.4, 0.5) is 0 Å². The first-order valence-corrected chi connectivity index (χ1v) is 7.54. The molecule has 106 valence electrons. The highest BCUT2D eigenvalue weighted by molar-refractivity contribution is 5.78. The standard InChI is InChI=1S/C17H21NO2/c1-11-3-6-15-13(7-11)8-16(20-15)17(19)9-12(2)18(10-17)14-4-5-14/h3,6-8,12,14,19H,4-5,9-10H2,1-2H3. The number of nitrogens with zero attached hydrogens (tertiary/aromatic N) is 1. The molecule has 1 aromatic carbocycles. The summed E-state index contributed by atoms with van der Waals surface area (Å²) in [6.45, 7) is 4.99. The smallest absolute Gasteiger partial charge is 0.138 e. The minimum atomic E-state index is -0.824. The van der Waals surface area contributed by atoms with Crippen molar-refractivity contribution in [2.24, 2.45) is 0 Å². The molecule has 20 heavy (non-hydrogen) atoms. The predicted molar refractivity (Wildman–Crippen MR) is 78.7 cm³/mol. The minimum absolute atomic E-state index is 0.433. The zero-order valence-electron chi connectivity index (χ0n) is 12.1. The lowest BCUT2D eigenvalue weighted by Gasteiger charge is -2.21. The van der Waals surface area contributed by atoms with E-state index in [9.17, 15) is 5.11 Å². The van der Waals surface area contributed by atoms with Crippen LogP contribution in [0.3, 0.4) is 0 Å². The molecular formula is C17H21NO2. The molecule has 2 atom stereocenters. The highest BCUT2D eigenvalue weighted by Gasteiger charge is 2.48. The number of β-amino-alcohol motifs (C(OH)–C–C–N with tert-alkyl or cyclic N) is 1. The first-order valence-electron chi connectivity index (χ1n) is 7.54. The first-order chi connectivity index (χ1) is 9.55. The number of aryl methyl sites for hydroxylation is 1. The van der Waals surface area contributed by atoms with Gasteiger partial charge in [0.05, 0.1) is 0 Å². The Morgan fingerprint density at radius 1 is 1.30 bits per heavy atom. The summed E-state index contributed by atoms with van der Waals surface area (Å²) in [5.41, 5.74) is 1.27. The number of benzene rings is 1. The second kappa shape index (κ2) is 4.09. The molecule has 1 aliphatic heterocycles. The number of furan rings is 1. The molecule has 0 radical (unpaired) electrons. The van der Waals surface area contributed by atoms with Crippen molar-refractivity contribution in [3.8, 4) is 0 Å². The summed E-state index contributed by atoms with van der Waals surface area (Å²) in [4.78, 5) is 2.44. The molecule has 3 nitrogen and oxygen atoms in total. The Bertz CT molecular complexity index is 658. The molecular weight excluding hydrogens is 250 g/mol. The van der Waals surface area contributed by atoms with Crippen LogP contribution in [0.25, 0.3) is 11.0 Å². The molecule has 3 heteroatoms. The lowest BCUT2D eigenvalue weighted by molar-refractivity contribution is 0.0249. The number of rotatable bonds is 2. The molecule has 4 rings (SSSR count). The zero-order chi connectivity index (χ0) is 13.9. The van der Waals surface area contributed by atoms with E-state index in [-0.39, 0.29) is 0 Å². The number of aliphatic hydroxyl groups is 1. The number of hydrogen-bond donors (Lipinski definition) is 1. The number of fused-ring (bicyclic) bond motifs is 1. The van der Waals surface area contributed by atoms with Crippen LogP contribution in [0, 0.1) is 6.92 Å². The molecule has 2 heterocycles. The van der Waals surface area contributed by atoms with Crippen molar-refractivity contribution < 1.29 is 9.52 Å². The maximum Gasteiger partial charge on any atom is 0.138 e. The van der Waals surface area contributed by atoms with Crippen LogP contribution in [0.2, 0.25) is 0 Å². The topological polar surface area (TPSA) is 36.6 Å². The molecule has 2 aliphatic rings. The summed E-state index contributed by atoms with van der Waals surface area (Å²) < 4.78 is 5.93. The van der Waals surface area contributed by atoms with Crippen molar-refractivity contribution in [3.63, 3.8) is 0 Å². The highest BCUT2D eigenvalue weighted by Crippen LogP contribution is 2.43. The third-order valence-electron chi connectivity index (χ3n) is 4.79. The summed E-state index contributed by atoms with van der Waals surface area (Å²) in [5.74, 6) is 0.730. The Balaban J connectivity index is 1.70. The molecule has 0 bridgehead atoms. The fourth-order valence-corrected chi connectivity index (χ4v) is 3.59. The van der Waals surface area contributed by atoms with Crippen molar-refractivity contribution in [2.45, 2.75) is 50.8 Å². The van der Waals surface area contributed by atoms with Gasteiger partial charge >= 0.3 is 0 Å². The summed E-state index contributed by atoms with van der Waals surface area (Å²) in [5, 5.41) is 12.1.